The minimum absolute atomic E-state index is 0.191. The maximum absolute atomic E-state index is 12.5. The van der Waals surface area contributed by atoms with Crippen molar-refractivity contribution in [3.63, 3.8) is 0 Å². The van der Waals surface area contributed by atoms with Crippen LogP contribution >= 0.6 is 11.5 Å². The first kappa shape index (κ1) is 14.1. The molecule has 1 atom stereocenters. The lowest BCUT2D eigenvalue weighted by atomic mass is 10.0. The highest BCUT2D eigenvalue weighted by Gasteiger charge is 2.42. The van der Waals surface area contributed by atoms with E-state index in [1.54, 1.807) is 0 Å². The Morgan fingerprint density at radius 2 is 2.15 bits per heavy atom. The van der Waals surface area contributed by atoms with E-state index < -0.39 is 9.84 Å². The molecule has 3 rings (SSSR count). The molecule has 1 aromatic heterocycles. The summed E-state index contributed by atoms with van der Waals surface area (Å²) in [5.74, 6) is 0.857. The van der Waals surface area contributed by atoms with Gasteiger partial charge in [0.15, 0.2) is 15.7 Å². The number of hydrogen-bond donors (Lipinski definition) is 1. The van der Waals surface area contributed by atoms with Crippen LogP contribution in [0.2, 0.25) is 0 Å². The fourth-order valence-corrected chi connectivity index (χ4v) is 6.02. The molecule has 2 aliphatic rings. The van der Waals surface area contributed by atoms with Gasteiger partial charge in [-0.3, -0.25) is 0 Å². The van der Waals surface area contributed by atoms with Crippen LogP contribution in [0.4, 0.5) is 10.8 Å². The van der Waals surface area contributed by atoms with Crippen LogP contribution in [-0.2, 0) is 9.84 Å². The summed E-state index contributed by atoms with van der Waals surface area (Å²) < 4.78 is 29.1. The molecule has 0 bridgehead atoms. The molecule has 0 aromatic carbocycles. The summed E-state index contributed by atoms with van der Waals surface area (Å²) in [5.41, 5.74) is 5.85. The van der Waals surface area contributed by atoms with Gasteiger partial charge in [0.1, 0.15) is 9.90 Å². The number of nitrogen functional groups attached to an aromatic ring is 1. The van der Waals surface area contributed by atoms with Crippen LogP contribution in [0, 0.1) is 5.92 Å². The minimum Gasteiger partial charge on any atom is -0.382 e. The van der Waals surface area contributed by atoms with E-state index in [0.717, 1.165) is 37.4 Å². The van der Waals surface area contributed by atoms with Crippen LogP contribution in [0.3, 0.4) is 0 Å². The topological polar surface area (TPSA) is 76.3 Å². The second-order valence-electron chi connectivity index (χ2n) is 5.84. The summed E-state index contributed by atoms with van der Waals surface area (Å²) in [6, 6.07) is 0. The average molecular weight is 315 g/mol. The number of nitrogens with zero attached hydrogens (tertiary/aromatic N) is 2. The Bertz CT molecular complexity index is 593. The van der Waals surface area contributed by atoms with E-state index in [9.17, 15) is 8.42 Å². The molecule has 0 radical (unpaired) electrons. The van der Waals surface area contributed by atoms with Gasteiger partial charge in [0.05, 0.1) is 5.25 Å². The van der Waals surface area contributed by atoms with Gasteiger partial charge in [-0.1, -0.05) is 13.3 Å². The van der Waals surface area contributed by atoms with Crippen molar-refractivity contribution in [3.8, 4) is 0 Å². The molecule has 1 saturated carbocycles. The van der Waals surface area contributed by atoms with Gasteiger partial charge in [0.25, 0.3) is 0 Å². The Kier molecular flexibility index (Phi) is 3.66. The molecule has 2 heterocycles. The van der Waals surface area contributed by atoms with Crippen LogP contribution in [0.15, 0.2) is 4.90 Å². The summed E-state index contributed by atoms with van der Waals surface area (Å²) in [6.07, 6.45) is 5.03. The standard InChI is InChI=1S/C13H21N3O2S2/c1-2-3-9-6-7-16(8-9)13-11(12(14)15-19-13)20(17,18)10-4-5-10/h9-10H,2-8H2,1H3,(H2,14,15). The number of rotatable bonds is 5. The van der Waals surface area contributed by atoms with E-state index in [4.69, 9.17) is 5.73 Å². The quantitative estimate of drug-likeness (QED) is 0.902. The lowest BCUT2D eigenvalue weighted by molar-refractivity contribution is 0.530. The molecule has 0 spiro atoms. The maximum atomic E-state index is 12.5. The molecule has 2 fully saturated rings. The van der Waals surface area contributed by atoms with Crippen LogP contribution in [-0.4, -0.2) is 31.1 Å². The van der Waals surface area contributed by atoms with Crippen molar-refractivity contribution in [1.82, 2.24) is 4.37 Å². The Labute approximate surface area is 124 Å². The average Bonchev–Trinajstić information content (AvgIpc) is 3.05. The summed E-state index contributed by atoms with van der Waals surface area (Å²) in [6.45, 7) is 4.04. The van der Waals surface area contributed by atoms with Crippen molar-refractivity contribution in [2.75, 3.05) is 23.7 Å². The zero-order valence-electron chi connectivity index (χ0n) is 11.7. The molecule has 1 aliphatic carbocycles. The van der Waals surface area contributed by atoms with Gasteiger partial charge in [0, 0.05) is 13.1 Å². The van der Waals surface area contributed by atoms with Crippen LogP contribution in [0.5, 0.6) is 0 Å². The summed E-state index contributed by atoms with van der Waals surface area (Å²) in [7, 11) is -3.27. The van der Waals surface area contributed by atoms with Gasteiger partial charge in [-0.05, 0) is 43.1 Å². The molecule has 112 valence electrons. The van der Waals surface area contributed by atoms with Gasteiger partial charge >= 0.3 is 0 Å². The molecular weight excluding hydrogens is 294 g/mol. The monoisotopic (exact) mass is 315 g/mol. The third-order valence-corrected chi connectivity index (χ3v) is 7.55. The zero-order chi connectivity index (χ0) is 14.3. The molecule has 1 aliphatic heterocycles. The third-order valence-electron chi connectivity index (χ3n) is 4.18. The highest BCUT2D eigenvalue weighted by Crippen LogP contribution is 2.43. The highest BCUT2D eigenvalue weighted by atomic mass is 32.2. The molecule has 1 saturated heterocycles. The molecule has 2 N–H and O–H groups in total. The van der Waals surface area contributed by atoms with Crippen LogP contribution in [0.1, 0.15) is 39.0 Å². The normalized spacial score (nSPS) is 23.4. The van der Waals surface area contributed by atoms with Crippen LogP contribution < -0.4 is 10.6 Å². The largest absolute Gasteiger partial charge is 0.382 e. The molecule has 0 amide bonds. The first-order valence-corrected chi connectivity index (χ1v) is 9.60. The molecule has 1 unspecified atom stereocenters. The van der Waals surface area contributed by atoms with Crippen molar-refractivity contribution in [2.24, 2.45) is 5.92 Å². The predicted molar refractivity (Wildman–Crippen MR) is 82.0 cm³/mol. The van der Waals surface area contributed by atoms with E-state index >= 15 is 0 Å². The first-order chi connectivity index (χ1) is 9.54. The van der Waals surface area contributed by atoms with Gasteiger partial charge in [-0.25, -0.2) is 8.42 Å². The number of hydrogen-bond acceptors (Lipinski definition) is 6. The molecule has 5 nitrogen and oxygen atoms in total. The second-order valence-corrected chi connectivity index (χ2v) is 8.75. The van der Waals surface area contributed by atoms with E-state index in [-0.39, 0.29) is 11.1 Å². The van der Waals surface area contributed by atoms with Crippen molar-refractivity contribution in [1.29, 1.82) is 0 Å². The van der Waals surface area contributed by atoms with E-state index in [0.29, 0.717) is 10.8 Å². The van der Waals surface area contributed by atoms with Crippen molar-refractivity contribution >= 4 is 32.2 Å². The minimum atomic E-state index is -3.27. The molecule has 1 aromatic rings. The SMILES string of the molecule is CCCC1CCN(c2snc(N)c2S(=O)(=O)C2CC2)C1. The smallest absolute Gasteiger partial charge is 0.187 e. The van der Waals surface area contributed by atoms with Gasteiger partial charge in [0.2, 0.25) is 0 Å². The molecule has 7 heteroatoms. The Hall–Kier alpha value is -0.820. The first-order valence-electron chi connectivity index (χ1n) is 7.28. The maximum Gasteiger partial charge on any atom is 0.187 e. The lowest BCUT2D eigenvalue weighted by Gasteiger charge is -2.18. The fraction of sp³-hybridized carbons (Fsp3) is 0.769. The second kappa shape index (κ2) is 5.18. The predicted octanol–water partition coefficient (Wildman–Crippen LogP) is 2.29. The zero-order valence-corrected chi connectivity index (χ0v) is 13.3. The number of aromatic nitrogens is 1. The number of sulfone groups is 1. The molecule has 20 heavy (non-hydrogen) atoms. The van der Waals surface area contributed by atoms with Crippen molar-refractivity contribution < 1.29 is 8.42 Å². The highest BCUT2D eigenvalue weighted by molar-refractivity contribution is 7.92. The van der Waals surface area contributed by atoms with Crippen LogP contribution in [0.25, 0.3) is 0 Å². The lowest BCUT2D eigenvalue weighted by Crippen LogP contribution is -2.21. The van der Waals surface area contributed by atoms with Gasteiger partial charge in [-0.2, -0.15) is 4.37 Å². The summed E-state index contributed by atoms with van der Waals surface area (Å²) in [5, 5.41) is 0.544. The number of nitrogens with two attached hydrogens (primary N) is 1. The van der Waals surface area contributed by atoms with Crippen molar-refractivity contribution in [3.05, 3.63) is 0 Å². The number of anilines is 2. The fourth-order valence-electron chi connectivity index (χ4n) is 2.96. The Morgan fingerprint density at radius 1 is 1.40 bits per heavy atom. The summed E-state index contributed by atoms with van der Waals surface area (Å²) >= 11 is 1.24. The Morgan fingerprint density at radius 3 is 2.80 bits per heavy atom. The van der Waals surface area contributed by atoms with Gasteiger partial charge in [-0.15, -0.1) is 0 Å². The summed E-state index contributed by atoms with van der Waals surface area (Å²) in [4.78, 5) is 2.48. The van der Waals surface area contributed by atoms with E-state index in [1.165, 1.54) is 24.4 Å². The Balaban J connectivity index is 1.88. The third kappa shape index (κ3) is 2.41. The molecular formula is C13H21N3O2S2. The van der Waals surface area contributed by atoms with E-state index in [1.807, 2.05) is 0 Å². The van der Waals surface area contributed by atoms with Gasteiger partial charge < -0.3 is 10.6 Å². The van der Waals surface area contributed by atoms with Crippen molar-refractivity contribution in [2.45, 2.75) is 49.2 Å². The van der Waals surface area contributed by atoms with E-state index in [2.05, 4.69) is 16.2 Å².